The maximum Gasteiger partial charge on any atom is 0.0642 e. The number of halogens is 1. The Hall–Kier alpha value is -1.19. The number of anilines is 1. The molecule has 0 aliphatic rings. The van der Waals surface area contributed by atoms with E-state index in [0.717, 1.165) is 18.8 Å². The maximum atomic E-state index is 5.82. The lowest BCUT2D eigenvalue weighted by molar-refractivity contribution is 0.188. The van der Waals surface area contributed by atoms with E-state index in [1.807, 2.05) is 12.1 Å². The molecule has 0 fully saturated rings. The Labute approximate surface area is 108 Å². The van der Waals surface area contributed by atoms with Crippen molar-refractivity contribution in [1.29, 1.82) is 0 Å². The quantitative estimate of drug-likeness (QED) is 0.856. The average molecular weight is 255 g/mol. The second-order valence-electron chi connectivity index (χ2n) is 4.13. The predicted octanol–water partition coefficient (Wildman–Crippen LogP) is 2.91. The fourth-order valence-corrected chi connectivity index (χ4v) is 2.14. The van der Waals surface area contributed by atoms with Crippen molar-refractivity contribution in [2.24, 2.45) is 0 Å². The van der Waals surface area contributed by atoms with Gasteiger partial charge in [-0.3, -0.25) is 0 Å². The first-order valence-electron chi connectivity index (χ1n) is 5.49. The van der Waals surface area contributed by atoms with Crippen LogP contribution in [0.25, 0.3) is 10.9 Å². The van der Waals surface area contributed by atoms with Crippen molar-refractivity contribution in [2.45, 2.75) is 20.4 Å². The van der Waals surface area contributed by atoms with Crippen molar-refractivity contribution in [2.75, 3.05) is 19.5 Å². The van der Waals surface area contributed by atoms with Crippen LogP contribution < -0.4 is 5.73 Å². The summed E-state index contributed by atoms with van der Waals surface area (Å²) in [5, 5.41) is 1.24. The van der Waals surface area contributed by atoms with Crippen LogP contribution in [0.2, 0.25) is 0 Å². The van der Waals surface area contributed by atoms with E-state index < -0.39 is 0 Å². The van der Waals surface area contributed by atoms with Crippen LogP contribution in [0.4, 0.5) is 5.69 Å². The van der Waals surface area contributed by atoms with E-state index in [-0.39, 0.29) is 12.4 Å². The summed E-state index contributed by atoms with van der Waals surface area (Å²) in [5.41, 5.74) is 10.5. The van der Waals surface area contributed by atoms with Gasteiger partial charge in [-0.05, 0) is 37.6 Å². The molecular formula is C13H19ClN2O. The molecule has 0 amide bonds. The zero-order valence-corrected chi connectivity index (χ0v) is 11.3. The van der Waals surface area contributed by atoms with Crippen molar-refractivity contribution in [3.05, 3.63) is 29.5 Å². The fraction of sp³-hybridized carbons (Fsp3) is 0.385. The van der Waals surface area contributed by atoms with Crippen LogP contribution in [0.5, 0.6) is 0 Å². The Morgan fingerprint density at radius 2 is 2.00 bits per heavy atom. The summed E-state index contributed by atoms with van der Waals surface area (Å²) in [7, 11) is 1.73. The van der Waals surface area contributed by atoms with E-state index in [1.165, 1.54) is 22.2 Å². The van der Waals surface area contributed by atoms with Gasteiger partial charge in [0.1, 0.15) is 0 Å². The van der Waals surface area contributed by atoms with Gasteiger partial charge in [0.2, 0.25) is 0 Å². The molecule has 0 saturated carbocycles. The Morgan fingerprint density at radius 3 is 2.65 bits per heavy atom. The highest BCUT2D eigenvalue weighted by Crippen LogP contribution is 2.26. The summed E-state index contributed by atoms with van der Waals surface area (Å²) >= 11 is 0. The number of ether oxygens (including phenoxy) is 1. The van der Waals surface area contributed by atoms with Crippen LogP contribution in [-0.4, -0.2) is 18.3 Å². The molecule has 0 bridgehead atoms. The molecule has 1 aromatic heterocycles. The number of rotatable bonds is 3. The SMILES string of the molecule is COCCn1c(C)c(C)c2cc(N)ccc21.Cl. The summed E-state index contributed by atoms with van der Waals surface area (Å²) in [6.07, 6.45) is 0. The number of fused-ring (bicyclic) bond motifs is 1. The summed E-state index contributed by atoms with van der Waals surface area (Å²) in [5.74, 6) is 0. The second kappa shape index (κ2) is 5.43. The van der Waals surface area contributed by atoms with E-state index in [2.05, 4.69) is 24.5 Å². The molecule has 0 radical (unpaired) electrons. The lowest BCUT2D eigenvalue weighted by atomic mass is 10.1. The van der Waals surface area contributed by atoms with Gasteiger partial charge < -0.3 is 15.0 Å². The van der Waals surface area contributed by atoms with Gasteiger partial charge in [0, 0.05) is 35.9 Å². The third kappa shape index (κ3) is 2.40. The molecule has 0 aliphatic carbocycles. The molecule has 0 aliphatic heterocycles. The Bertz CT molecular complexity index is 520. The number of nitrogens with two attached hydrogens (primary N) is 1. The molecule has 0 unspecified atom stereocenters. The van der Waals surface area contributed by atoms with Crippen LogP contribution in [0.3, 0.4) is 0 Å². The van der Waals surface area contributed by atoms with Gasteiger partial charge in [-0.25, -0.2) is 0 Å². The van der Waals surface area contributed by atoms with Gasteiger partial charge >= 0.3 is 0 Å². The topological polar surface area (TPSA) is 40.2 Å². The van der Waals surface area contributed by atoms with Crippen molar-refractivity contribution < 1.29 is 4.74 Å². The highest BCUT2D eigenvalue weighted by Gasteiger charge is 2.10. The van der Waals surface area contributed by atoms with Crippen molar-refractivity contribution in [3.8, 4) is 0 Å². The smallest absolute Gasteiger partial charge is 0.0642 e. The zero-order chi connectivity index (χ0) is 11.7. The summed E-state index contributed by atoms with van der Waals surface area (Å²) in [6, 6.07) is 6.08. The minimum absolute atomic E-state index is 0. The van der Waals surface area contributed by atoms with Crippen molar-refractivity contribution in [3.63, 3.8) is 0 Å². The first-order chi connectivity index (χ1) is 7.65. The van der Waals surface area contributed by atoms with Gasteiger partial charge in [-0.15, -0.1) is 12.4 Å². The molecule has 3 nitrogen and oxygen atoms in total. The van der Waals surface area contributed by atoms with Crippen molar-refractivity contribution >= 4 is 29.0 Å². The Balaban J connectivity index is 0.00000144. The highest BCUT2D eigenvalue weighted by molar-refractivity contribution is 5.87. The van der Waals surface area contributed by atoms with E-state index in [0.29, 0.717) is 0 Å². The summed E-state index contributed by atoms with van der Waals surface area (Å²) < 4.78 is 7.42. The van der Waals surface area contributed by atoms with Gasteiger partial charge in [0.25, 0.3) is 0 Å². The summed E-state index contributed by atoms with van der Waals surface area (Å²) in [4.78, 5) is 0. The van der Waals surface area contributed by atoms with E-state index in [4.69, 9.17) is 10.5 Å². The fourth-order valence-electron chi connectivity index (χ4n) is 2.14. The molecule has 17 heavy (non-hydrogen) atoms. The van der Waals surface area contributed by atoms with Crippen LogP contribution in [0.1, 0.15) is 11.3 Å². The maximum absolute atomic E-state index is 5.82. The number of hydrogen-bond acceptors (Lipinski definition) is 2. The molecule has 1 heterocycles. The first kappa shape index (κ1) is 13.9. The number of benzene rings is 1. The van der Waals surface area contributed by atoms with E-state index in [9.17, 15) is 0 Å². The predicted molar refractivity (Wildman–Crippen MR) is 74.9 cm³/mol. The monoisotopic (exact) mass is 254 g/mol. The average Bonchev–Trinajstić information content (AvgIpc) is 2.50. The lowest BCUT2D eigenvalue weighted by Gasteiger charge is -2.07. The molecule has 94 valence electrons. The molecule has 2 aromatic rings. The molecule has 0 spiro atoms. The zero-order valence-electron chi connectivity index (χ0n) is 10.5. The molecule has 0 atom stereocenters. The molecule has 2 rings (SSSR count). The number of methoxy groups -OCH3 is 1. The van der Waals surface area contributed by atoms with Gasteiger partial charge in [0.05, 0.1) is 6.61 Å². The normalized spacial score (nSPS) is 10.5. The van der Waals surface area contributed by atoms with Crippen molar-refractivity contribution in [1.82, 2.24) is 4.57 Å². The van der Waals surface area contributed by atoms with Gasteiger partial charge in [0.15, 0.2) is 0 Å². The number of nitrogens with zero attached hydrogens (tertiary/aromatic N) is 1. The van der Waals surface area contributed by atoms with Gasteiger partial charge in [-0.1, -0.05) is 0 Å². The third-order valence-corrected chi connectivity index (χ3v) is 3.18. The molecule has 2 N–H and O–H groups in total. The molecule has 0 saturated heterocycles. The number of aryl methyl sites for hydroxylation is 1. The largest absolute Gasteiger partial charge is 0.399 e. The molecular weight excluding hydrogens is 236 g/mol. The van der Waals surface area contributed by atoms with Crippen LogP contribution in [-0.2, 0) is 11.3 Å². The minimum atomic E-state index is 0. The van der Waals surface area contributed by atoms with E-state index in [1.54, 1.807) is 7.11 Å². The summed E-state index contributed by atoms with van der Waals surface area (Å²) in [6.45, 7) is 5.90. The standard InChI is InChI=1S/C13H18N2O.ClH/c1-9-10(2)15(6-7-16-3)13-5-4-11(14)8-12(9)13;/h4-5,8H,6-7,14H2,1-3H3;1H. The first-order valence-corrected chi connectivity index (χ1v) is 5.49. The molecule has 4 heteroatoms. The van der Waals surface area contributed by atoms with Crippen LogP contribution in [0, 0.1) is 13.8 Å². The Kier molecular flexibility index (Phi) is 4.43. The van der Waals surface area contributed by atoms with E-state index >= 15 is 0 Å². The number of hydrogen-bond donors (Lipinski definition) is 1. The minimum Gasteiger partial charge on any atom is -0.399 e. The molecule has 1 aromatic carbocycles. The third-order valence-electron chi connectivity index (χ3n) is 3.18. The lowest BCUT2D eigenvalue weighted by Crippen LogP contribution is -2.05. The number of aromatic nitrogens is 1. The van der Waals surface area contributed by atoms with Gasteiger partial charge in [-0.2, -0.15) is 0 Å². The van der Waals surface area contributed by atoms with Crippen LogP contribution >= 0.6 is 12.4 Å². The number of nitrogen functional groups attached to an aromatic ring is 1. The Morgan fingerprint density at radius 1 is 1.29 bits per heavy atom. The highest BCUT2D eigenvalue weighted by atomic mass is 35.5. The van der Waals surface area contributed by atoms with Crippen LogP contribution in [0.15, 0.2) is 18.2 Å². The second-order valence-corrected chi connectivity index (χ2v) is 4.13.